The van der Waals surface area contributed by atoms with Crippen LogP contribution in [0.3, 0.4) is 0 Å². The summed E-state index contributed by atoms with van der Waals surface area (Å²) < 4.78 is 16.4. The van der Waals surface area contributed by atoms with Crippen LogP contribution in [0.15, 0.2) is 0 Å². The zero-order chi connectivity index (χ0) is 14.1. The van der Waals surface area contributed by atoms with E-state index in [1.807, 2.05) is 0 Å². The van der Waals surface area contributed by atoms with Crippen molar-refractivity contribution in [1.82, 2.24) is 5.32 Å². The summed E-state index contributed by atoms with van der Waals surface area (Å²) in [4.78, 5) is 0. The first-order chi connectivity index (χ1) is 9.25. The van der Waals surface area contributed by atoms with Crippen LogP contribution < -0.4 is 5.32 Å². The molecule has 0 radical (unpaired) electrons. The van der Waals surface area contributed by atoms with Crippen molar-refractivity contribution in [3.63, 3.8) is 0 Å². The molecule has 1 fully saturated rings. The molecule has 0 amide bonds. The second-order valence-corrected chi connectivity index (χ2v) is 5.25. The average molecular weight is 273 g/mol. The molecule has 0 saturated heterocycles. The molecule has 0 heterocycles. The molecule has 0 aromatic rings. The lowest BCUT2D eigenvalue weighted by Gasteiger charge is -2.55. The summed E-state index contributed by atoms with van der Waals surface area (Å²) in [5.74, 6) is 0. The Hall–Kier alpha value is -0.160. The molecule has 1 aliphatic rings. The SMILES string of the molecule is CCNC1CC(OCCOCCOC)C1(CC)CC. The number of methoxy groups -OCH3 is 1. The van der Waals surface area contributed by atoms with Gasteiger partial charge in [0, 0.05) is 18.6 Å². The number of nitrogens with one attached hydrogen (secondary N) is 1. The van der Waals surface area contributed by atoms with Crippen molar-refractivity contribution in [3.8, 4) is 0 Å². The predicted octanol–water partition coefficient (Wildman–Crippen LogP) is 2.22. The Morgan fingerprint density at radius 3 is 2.32 bits per heavy atom. The second-order valence-electron chi connectivity index (χ2n) is 5.25. The fraction of sp³-hybridized carbons (Fsp3) is 1.00. The van der Waals surface area contributed by atoms with E-state index in [2.05, 4.69) is 26.1 Å². The van der Waals surface area contributed by atoms with E-state index in [1.165, 1.54) is 12.8 Å². The fourth-order valence-electron chi connectivity index (χ4n) is 3.21. The molecule has 0 aliphatic heterocycles. The molecule has 4 heteroatoms. The van der Waals surface area contributed by atoms with Crippen LogP contribution in [0.2, 0.25) is 0 Å². The highest BCUT2D eigenvalue weighted by Gasteiger charge is 2.52. The van der Waals surface area contributed by atoms with Gasteiger partial charge in [0.05, 0.1) is 32.5 Å². The van der Waals surface area contributed by atoms with Crippen LogP contribution in [0, 0.1) is 5.41 Å². The Balaban J connectivity index is 2.26. The van der Waals surface area contributed by atoms with Gasteiger partial charge >= 0.3 is 0 Å². The smallest absolute Gasteiger partial charge is 0.0704 e. The molecule has 0 bridgehead atoms. The Labute approximate surface area is 118 Å². The summed E-state index contributed by atoms with van der Waals surface area (Å²) in [6.45, 7) is 10.4. The molecule has 1 saturated carbocycles. The van der Waals surface area contributed by atoms with E-state index in [1.54, 1.807) is 7.11 Å². The Morgan fingerprint density at radius 2 is 1.74 bits per heavy atom. The maximum absolute atomic E-state index is 6.03. The summed E-state index contributed by atoms with van der Waals surface area (Å²) >= 11 is 0. The Morgan fingerprint density at radius 1 is 1.05 bits per heavy atom. The molecule has 1 aliphatic carbocycles. The molecular formula is C15H31NO3. The summed E-state index contributed by atoms with van der Waals surface area (Å²) in [6, 6.07) is 0.618. The van der Waals surface area contributed by atoms with Crippen LogP contribution in [-0.4, -0.2) is 52.2 Å². The molecule has 0 aromatic heterocycles. The topological polar surface area (TPSA) is 39.7 Å². The number of rotatable bonds is 11. The van der Waals surface area contributed by atoms with Crippen LogP contribution in [0.25, 0.3) is 0 Å². The molecule has 0 aromatic carbocycles. The zero-order valence-corrected chi connectivity index (χ0v) is 13.0. The lowest BCUT2D eigenvalue weighted by molar-refractivity contribution is -0.148. The molecule has 2 unspecified atom stereocenters. The normalized spacial score (nSPS) is 25.3. The van der Waals surface area contributed by atoms with Gasteiger partial charge in [0.1, 0.15) is 0 Å². The van der Waals surface area contributed by atoms with Gasteiger partial charge in [0.2, 0.25) is 0 Å². The maximum Gasteiger partial charge on any atom is 0.0704 e. The van der Waals surface area contributed by atoms with Crippen molar-refractivity contribution in [3.05, 3.63) is 0 Å². The minimum absolute atomic E-state index is 0.322. The van der Waals surface area contributed by atoms with Gasteiger partial charge in [-0.05, 0) is 25.8 Å². The van der Waals surface area contributed by atoms with Gasteiger partial charge in [-0.3, -0.25) is 0 Å². The van der Waals surface area contributed by atoms with E-state index in [4.69, 9.17) is 14.2 Å². The first-order valence-corrected chi connectivity index (χ1v) is 7.66. The Bertz CT molecular complexity index is 231. The van der Waals surface area contributed by atoms with Gasteiger partial charge in [-0.25, -0.2) is 0 Å². The van der Waals surface area contributed by atoms with Crippen molar-refractivity contribution in [2.45, 2.75) is 52.2 Å². The van der Waals surface area contributed by atoms with Gasteiger partial charge in [-0.15, -0.1) is 0 Å². The van der Waals surface area contributed by atoms with Crippen LogP contribution in [0.5, 0.6) is 0 Å². The average Bonchev–Trinajstić information content (AvgIpc) is 2.42. The monoisotopic (exact) mass is 273 g/mol. The lowest BCUT2D eigenvalue weighted by Crippen LogP contribution is -2.63. The summed E-state index contributed by atoms with van der Waals surface area (Å²) in [5, 5.41) is 3.60. The highest BCUT2D eigenvalue weighted by molar-refractivity contribution is 5.06. The highest BCUT2D eigenvalue weighted by Crippen LogP contribution is 2.48. The van der Waals surface area contributed by atoms with E-state index in [0.717, 1.165) is 13.0 Å². The highest BCUT2D eigenvalue weighted by atomic mass is 16.5. The minimum atomic E-state index is 0.322. The third-order valence-corrected chi connectivity index (χ3v) is 4.53. The molecule has 1 N–H and O–H groups in total. The van der Waals surface area contributed by atoms with Crippen molar-refractivity contribution < 1.29 is 14.2 Å². The third kappa shape index (κ3) is 4.15. The maximum atomic E-state index is 6.03. The largest absolute Gasteiger partial charge is 0.382 e. The van der Waals surface area contributed by atoms with Gasteiger partial charge in [0.15, 0.2) is 0 Å². The number of hydrogen-bond acceptors (Lipinski definition) is 4. The summed E-state index contributed by atoms with van der Waals surface area (Å²) in [6.07, 6.45) is 3.87. The summed E-state index contributed by atoms with van der Waals surface area (Å²) in [7, 11) is 1.69. The standard InChI is InChI=1S/C15H31NO3/c1-5-15(6-2)13(16-7-3)12-14(15)19-11-10-18-9-8-17-4/h13-14,16H,5-12H2,1-4H3. The van der Waals surface area contributed by atoms with E-state index in [-0.39, 0.29) is 0 Å². The summed E-state index contributed by atoms with van der Waals surface area (Å²) in [5.41, 5.74) is 0.322. The first kappa shape index (κ1) is 16.9. The molecular weight excluding hydrogens is 242 g/mol. The van der Waals surface area contributed by atoms with E-state index >= 15 is 0 Å². The van der Waals surface area contributed by atoms with E-state index < -0.39 is 0 Å². The van der Waals surface area contributed by atoms with Crippen molar-refractivity contribution in [2.75, 3.05) is 40.1 Å². The van der Waals surface area contributed by atoms with E-state index in [9.17, 15) is 0 Å². The minimum Gasteiger partial charge on any atom is -0.382 e. The van der Waals surface area contributed by atoms with Gasteiger partial charge in [-0.2, -0.15) is 0 Å². The Kier molecular flexibility index (Phi) is 7.91. The molecule has 4 nitrogen and oxygen atoms in total. The van der Waals surface area contributed by atoms with Crippen LogP contribution in [-0.2, 0) is 14.2 Å². The molecule has 2 atom stereocenters. The van der Waals surface area contributed by atoms with Crippen molar-refractivity contribution in [2.24, 2.45) is 5.41 Å². The molecule has 0 spiro atoms. The number of hydrogen-bond donors (Lipinski definition) is 1. The molecule has 1 rings (SSSR count). The van der Waals surface area contributed by atoms with Crippen LogP contribution in [0.4, 0.5) is 0 Å². The van der Waals surface area contributed by atoms with Crippen molar-refractivity contribution >= 4 is 0 Å². The van der Waals surface area contributed by atoms with Crippen LogP contribution >= 0.6 is 0 Å². The van der Waals surface area contributed by atoms with Crippen LogP contribution in [0.1, 0.15) is 40.0 Å². The first-order valence-electron chi connectivity index (χ1n) is 7.66. The quantitative estimate of drug-likeness (QED) is 0.586. The predicted molar refractivity (Wildman–Crippen MR) is 77.5 cm³/mol. The van der Waals surface area contributed by atoms with Gasteiger partial charge < -0.3 is 19.5 Å². The fourth-order valence-corrected chi connectivity index (χ4v) is 3.21. The third-order valence-electron chi connectivity index (χ3n) is 4.53. The lowest BCUT2D eigenvalue weighted by atomic mass is 9.58. The van der Waals surface area contributed by atoms with E-state index in [0.29, 0.717) is 44.0 Å². The molecule has 114 valence electrons. The second kappa shape index (κ2) is 8.90. The zero-order valence-electron chi connectivity index (χ0n) is 13.0. The van der Waals surface area contributed by atoms with Gasteiger partial charge in [0.25, 0.3) is 0 Å². The molecule has 19 heavy (non-hydrogen) atoms. The van der Waals surface area contributed by atoms with Gasteiger partial charge in [-0.1, -0.05) is 20.8 Å². The number of ether oxygens (including phenoxy) is 3. The van der Waals surface area contributed by atoms with Crippen molar-refractivity contribution in [1.29, 1.82) is 0 Å².